The van der Waals surface area contributed by atoms with E-state index in [0.717, 1.165) is 25.5 Å². The number of ether oxygens (including phenoxy) is 3. The monoisotopic (exact) mass is 430 g/mol. The zero-order valence-corrected chi connectivity index (χ0v) is 17.9. The van der Waals surface area contributed by atoms with E-state index >= 15 is 0 Å². The summed E-state index contributed by atoms with van der Waals surface area (Å²) in [6, 6.07) is 10.3. The molecule has 3 rings (SSSR count). The smallest absolute Gasteiger partial charge is 0.412 e. The van der Waals surface area contributed by atoms with Crippen molar-refractivity contribution in [1.29, 1.82) is 0 Å². The molecule has 0 spiro atoms. The fourth-order valence-corrected chi connectivity index (χ4v) is 3.00. The topological polar surface area (TPSA) is 85.9 Å². The molecular weight excluding hydrogens is 403 g/mol. The average molecular weight is 430 g/mol. The Hall–Kier alpha value is -3.13. The molecular formula is C23H27FN2O5. The molecule has 2 aromatic carbocycles. The molecule has 0 radical (unpaired) electrons. The molecule has 0 saturated carbocycles. The van der Waals surface area contributed by atoms with Crippen LogP contribution in [0.2, 0.25) is 0 Å². The number of hydrogen-bond donors (Lipinski definition) is 2. The number of halogens is 1. The molecule has 7 nitrogen and oxygen atoms in total. The molecule has 1 aliphatic heterocycles. The first kappa shape index (κ1) is 22.6. The third-order valence-corrected chi connectivity index (χ3v) is 4.44. The Labute approximate surface area is 180 Å². The number of carbonyl (C=O) groups is 2. The summed E-state index contributed by atoms with van der Waals surface area (Å²) in [5.74, 6) is -0.378. The van der Waals surface area contributed by atoms with Gasteiger partial charge in [-0.1, -0.05) is 0 Å². The van der Waals surface area contributed by atoms with Crippen LogP contribution in [0.15, 0.2) is 42.5 Å². The zero-order chi connectivity index (χ0) is 22.4. The lowest BCUT2D eigenvalue weighted by Gasteiger charge is -2.20. The summed E-state index contributed by atoms with van der Waals surface area (Å²) in [4.78, 5) is 24.7. The van der Waals surface area contributed by atoms with Crippen LogP contribution in [0.4, 0.5) is 20.6 Å². The fourth-order valence-electron chi connectivity index (χ4n) is 3.00. The molecule has 31 heavy (non-hydrogen) atoms. The van der Waals surface area contributed by atoms with Crippen LogP contribution in [0, 0.1) is 5.82 Å². The van der Waals surface area contributed by atoms with E-state index < -0.39 is 23.4 Å². The Morgan fingerprint density at radius 1 is 1.10 bits per heavy atom. The second-order valence-corrected chi connectivity index (χ2v) is 8.24. The van der Waals surface area contributed by atoms with Crippen molar-refractivity contribution in [3.63, 3.8) is 0 Å². The normalized spacial score (nSPS) is 15.9. The van der Waals surface area contributed by atoms with Gasteiger partial charge in [-0.15, -0.1) is 0 Å². The maximum Gasteiger partial charge on any atom is 0.412 e. The molecule has 1 heterocycles. The van der Waals surface area contributed by atoms with Gasteiger partial charge in [0, 0.05) is 12.2 Å². The largest absolute Gasteiger partial charge is 0.491 e. The number of hydrogen-bond acceptors (Lipinski definition) is 5. The summed E-state index contributed by atoms with van der Waals surface area (Å²) >= 11 is 0. The van der Waals surface area contributed by atoms with Crippen molar-refractivity contribution >= 4 is 23.4 Å². The van der Waals surface area contributed by atoms with Crippen molar-refractivity contribution in [3.05, 3.63) is 53.8 Å². The van der Waals surface area contributed by atoms with Crippen molar-refractivity contribution in [2.75, 3.05) is 23.8 Å². The zero-order valence-electron chi connectivity index (χ0n) is 17.9. The lowest BCUT2D eigenvalue weighted by atomic mass is 10.2. The van der Waals surface area contributed by atoms with Crippen molar-refractivity contribution in [3.8, 4) is 5.75 Å². The lowest BCUT2D eigenvalue weighted by molar-refractivity contribution is 0.0635. The van der Waals surface area contributed by atoms with Crippen molar-refractivity contribution in [1.82, 2.24) is 0 Å². The minimum absolute atomic E-state index is 0.104. The van der Waals surface area contributed by atoms with E-state index in [1.54, 1.807) is 45.0 Å². The first-order chi connectivity index (χ1) is 14.7. The minimum Gasteiger partial charge on any atom is -0.491 e. The van der Waals surface area contributed by atoms with Gasteiger partial charge in [-0.05, 0) is 76.1 Å². The minimum atomic E-state index is -0.706. The van der Waals surface area contributed by atoms with Crippen molar-refractivity contribution in [2.24, 2.45) is 0 Å². The van der Waals surface area contributed by atoms with E-state index in [9.17, 15) is 14.0 Å². The number of carbonyl (C=O) groups excluding carboxylic acids is 2. The molecule has 0 bridgehead atoms. The predicted octanol–water partition coefficient (Wildman–Crippen LogP) is 4.98. The van der Waals surface area contributed by atoms with Gasteiger partial charge in [0.2, 0.25) is 0 Å². The summed E-state index contributed by atoms with van der Waals surface area (Å²) in [6.07, 6.45) is 1.42. The maximum absolute atomic E-state index is 13.8. The summed E-state index contributed by atoms with van der Waals surface area (Å²) in [5, 5.41) is 5.15. The van der Waals surface area contributed by atoms with E-state index in [1.807, 2.05) is 0 Å². The van der Waals surface area contributed by atoms with Gasteiger partial charge in [0.1, 0.15) is 23.8 Å². The average Bonchev–Trinajstić information content (AvgIpc) is 3.21. The second-order valence-electron chi connectivity index (χ2n) is 8.24. The van der Waals surface area contributed by atoms with Crippen LogP contribution < -0.4 is 15.4 Å². The van der Waals surface area contributed by atoms with Gasteiger partial charge >= 0.3 is 6.09 Å². The first-order valence-corrected chi connectivity index (χ1v) is 10.1. The Morgan fingerprint density at radius 2 is 1.84 bits per heavy atom. The Morgan fingerprint density at radius 3 is 2.48 bits per heavy atom. The highest BCUT2D eigenvalue weighted by Crippen LogP contribution is 2.25. The van der Waals surface area contributed by atoms with Crippen LogP contribution >= 0.6 is 0 Å². The van der Waals surface area contributed by atoms with Crippen LogP contribution in [0.5, 0.6) is 5.75 Å². The fraction of sp³-hybridized carbons (Fsp3) is 0.391. The molecule has 1 fully saturated rings. The molecule has 0 aromatic heterocycles. The standard InChI is InChI=1S/C23H27FN2O5/c1-23(2,3)31-22(28)26-19-11-8-16(24)13-20(19)25-21(27)15-6-9-17(10-7-15)30-14-18-5-4-12-29-18/h6-11,13,18H,4-5,12,14H2,1-3H3,(H,25,27)(H,26,28). The van der Waals surface area contributed by atoms with Gasteiger partial charge in [0.05, 0.1) is 17.5 Å². The van der Waals surface area contributed by atoms with Gasteiger partial charge in [-0.3, -0.25) is 10.1 Å². The first-order valence-electron chi connectivity index (χ1n) is 10.1. The number of rotatable bonds is 6. The molecule has 2 aromatic rings. The summed E-state index contributed by atoms with van der Waals surface area (Å²) < 4.78 is 30.2. The highest BCUT2D eigenvalue weighted by Gasteiger charge is 2.19. The summed E-state index contributed by atoms with van der Waals surface area (Å²) in [5.41, 5.74) is 0.00773. The number of anilines is 2. The van der Waals surface area contributed by atoms with Gasteiger partial charge in [0.15, 0.2) is 0 Å². The second kappa shape index (κ2) is 9.78. The van der Waals surface area contributed by atoms with Gasteiger partial charge in [0.25, 0.3) is 5.91 Å². The Kier molecular flexibility index (Phi) is 7.12. The number of nitrogens with one attached hydrogen (secondary N) is 2. The van der Waals surface area contributed by atoms with Crippen LogP contribution in [0.1, 0.15) is 44.0 Å². The molecule has 2 N–H and O–H groups in total. The molecule has 1 unspecified atom stereocenters. The molecule has 1 aliphatic rings. The number of amides is 2. The third kappa shape index (κ3) is 6.96. The Balaban J connectivity index is 1.63. The summed E-state index contributed by atoms with van der Waals surface area (Å²) in [6.45, 7) is 6.42. The lowest BCUT2D eigenvalue weighted by Crippen LogP contribution is -2.27. The quantitative estimate of drug-likeness (QED) is 0.675. The van der Waals surface area contributed by atoms with E-state index in [0.29, 0.717) is 17.9 Å². The van der Waals surface area contributed by atoms with Gasteiger partial charge < -0.3 is 19.5 Å². The number of benzene rings is 2. The third-order valence-electron chi connectivity index (χ3n) is 4.44. The molecule has 166 valence electrons. The van der Waals surface area contributed by atoms with E-state index in [4.69, 9.17) is 14.2 Å². The van der Waals surface area contributed by atoms with Crippen LogP contribution in [-0.4, -0.2) is 36.9 Å². The highest BCUT2D eigenvalue weighted by molar-refractivity contribution is 6.06. The predicted molar refractivity (Wildman–Crippen MR) is 115 cm³/mol. The van der Waals surface area contributed by atoms with Crippen molar-refractivity contribution in [2.45, 2.75) is 45.3 Å². The van der Waals surface area contributed by atoms with Crippen LogP contribution in [0.3, 0.4) is 0 Å². The van der Waals surface area contributed by atoms with E-state index in [-0.39, 0.29) is 17.5 Å². The molecule has 8 heteroatoms. The van der Waals surface area contributed by atoms with Crippen LogP contribution in [0.25, 0.3) is 0 Å². The van der Waals surface area contributed by atoms with E-state index in [2.05, 4.69) is 10.6 Å². The molecule has 0 aliphatic carbocycles. The summed E-state index contributed by atoms with van der Waals surface area (Å²) in [7, 11) is 0. The molecule has 1 saturated heterocycles. The van der Waals surface area contributed by atoms with Crippen LogP contribution in [-0.2, 0) is 9.47 Å². The Bertz CT molecular complexity index is 919. The van der Waals surface area contributed by atoms with Gasteiger partial charge in [-0.2, -0.15) is 0 Å². The molecule has 1 atom stereocenters. The maximum atomic E-state index is 13.8. The molecule has 2 amide bonds. The van der Waals surface area contributed by atoms with Crippen molar-refractivity contribution < 1.29 is 28.2 Å². The van der Waals surface area contributed by atoms with E-state index in [1.165, 1.54) is 12.1 Å². The SMILES string of the molecule is CC(C)(C)OC(=O)Nc1ccc(F)cc1NC(=O)c1ccc(OCC2CCCO2)cc1. The van der Waals surface area contributed by atoms with Gasteiger partial charge in [-0.25, -0.2) is 9.18 Å². The highest BCUT2D eigenvalue weighted by atomic mass is 19.1.